The Morgan fingerprint density at radius 2 is 1.80 bits per heavy atom. The van der Waals surface area contributed by atoms with E-state index in [1.165, 1.54) is 19.1 Å². The summed E-state index contributed by atoms with van der Waals surface area (Å²) in [4.78, 5) is 35.0. The number of rotatable bonds is 6. The van der Waals surface area contributed by atoms with Crippen LogP contribution in [0.15, 0.2) is 42.5 Å². The second kappa shape index (κ2) is 7.57. The van der Waals surface area contributed by atoms with Crippen LogP contribution in [0.4, 0.5) is 11.4 Å². The van der Waals surface area contributed by atoms with Gasteiger partial charge in [0.05, 0.1) is 10.5 Å². The largest absolute Gasteiger partial charge is 0.451 e. The van der Waals surface area contributed by atoms with Crippen LogP contribution in [0, 0.1) is 17.0 Å². The molecule has 0 radical (unpaired) electrons. The third kappa shape index (κ3) is 4.20. The first-order valence-electron chi connectivity index (χ1n) is 7.61. The van der Waals surface area contributed by atoms with Crippen LogP contribution in [-0.2, 0) is 4.74 Å². The quantitative estimate of drug-likeness (QED) is 0.374. The van der Waals surface area contributed by atoms with Crippen LogP contribution in [-0.4, -0.2) is 29.8 Å². The molecule has 7 nitrogen and oxygen atoms in total. The highest BCUT2D eigenvalue weighted by atomic mass is 16.6. The molecular weight excluding hydrogens is 324 g/mol. The number of carbonyl (C=O) groups excluding carboxylic acids is 2. The minimum atomic E-state index is -1.01. The van der Waals surface area contributed by atoms with E-state index in [2.05, 4.69) is 5.32 Å². The fraction of sp³-hybridized carbons (Fsp3) is 0.222. The molecule has 2 aromatic rings. The number of carbonyl (C=O) groups is 2. The number of nitro benzene ring substituents is 1. The van der Waals surface area contributed by atoms with Crippen molar-refractivity contribution < 1.29 is 19.2 Å². The molecule has 0 unspecified atom stereocenters. The van der Waals surface area contributed by atoms with Crippen molar-refractivity contribution in [2.24, 2.45) is 0 Å². The van der Waals surface area contributed by atoms with E-state index in [-0.39, 0.29) is 17.0 Å². The van der Waals surface area contributed by atoms with Crippen molar-refractivity contribution in [2.45, 2.75) is 20.0 Å². The zero-order valence-corrected chi connectivity index (χ0v) is 14.1. The van der Waals surface area contributed by atoms with E-state index >= 15 is 0 Å². The van der Waals surface area contributed by atoms with Gasteiger partial charge in [0.25, 0.3) is 5.69 Å². The third-order valence-corrected chi connectivity index (χ3v) is 3.69. The molecule has 2 rings (SSSR count). The van der Waals surface area contributed by atoms with E-state index in [1.54, 1.807) is 31.3 Å². The molecule has 2 aromatic carbocycles. The Hall–Kier alpha value is -3.22. The molecule has 0 aromatic heterocycles. The summed E-state index contributed by atoms with van der Waals surface area (Å²) in [5.41, 5.74) is 1.59. The maximum atomic E-state index is 12.4. The smallest absolute Gasteiger partial charge is 0.341 e. The summed E-state index contributed by atoms with van der Waals surface area (Å²) in [7, 11) is 1.58. The maximum absolute atomic E-state index is 12.4. The van der Waals surface area contributed by atoms with Gasteiger partial charge in [-0.1, -0.05) is 29.8 Å². The van der Waals surface area contributed by atoms with Crippen molar-refractivity contribution in [1.29, 1.82) is 0 Å². The van der Waals surface area contributed by atoms with Gasteiger partial charge in [0.15, 0.2) is 6.10 Å². The lowest BCUT2D eigenvalue weighted by Gasteiger charge is -2.14. The molecule has 0 amide bonds. The molecule has 0 saturated heterocycles. The fourth-order valence-corrected chi connectivity index (χ4v) is 2.26. The molecule has 25 heavy (non-hydrogen) atoms. The predicted molar refractivity (Wildman–Crippen MR) is 93.0 cm³/mol. The van der Waals surface area contributed by atoms with E-state index in [1.807, 2.05) is 6.92 Å². The summed E-state index contributed by atoms with van der Waals surface area (Å²) in [6.07, 6.45) is -1.01. The monoisotopic (exact) mass is 342 g/mol. The maximum Gasteiger partial charge on any atom is 0.341 e. The summed E-state index contributed by atoms with van der Waals surface area (Å²) in [5.74, 6) is -1.15. The van der Waals surface area contributed by atoms with Gasteiger partial charge >= 0.3 is 5.97 Å². The lowest BCUT2D eigenvalue weighted by atomic mass is 10.1. The predicted octanol–water partition coefficient (Wildman–Crippen LogP) is 3.37. The Kier molecular flexibility index (Phi) is 5.49. The molecule has 0 aliphatic carbocycles. The number of nitro groups is 1. The van der Waals surface area contributed by atoms with Crippen molar-refractivity contribution in [3.63, 3.8) is 0 Å². The van der Waals surface area contributed by atoms with Crippen LogP contribution in [0.25, 0.3) is 0 Å². The highest BCUT2D eigenvalue weighted by molar-refractivity contribution is 6.02. The number of esters is 1. The number of benzene rings is 2. The van der Waals surface area contributed by atoms with Crippen LogP contribution in [0.1, 0.15) is 33.2 Å². The number of Topliss-reactive ketones (excluding diaryl/α,β-unsaturated/α-hetero) is 1. The molecule has 0 spiro atoms. The highest BCUT2D eigenvalue weighted by Crippen LogP contribution is 2.23. The Labute approximate surface area is 144 Å². The zero-order chi connectivity index (χ0) is 18.6. The molecule has 0 heterocycles. The Balaban J connectivity index is 2.20. The van der Waals surface area contributed by atoms with Crippen molar-refractivity contribution in [3.05, 3.63) is 69.3 Å². The number of aryl methyl sites for hydroxylation is 1. The number of nitrogens with zero attached hydrogens (tertiary/aromatic N) is 1. The molecule has 1 atom stereocenters. The average Bonchev–Trinajstić information content (AvgIpc) is 2.60. The SMILES string of the molecule is CNc1ccc([N+](=O)[O-])cc1C(=O)O[C@H](C)C(=O)c1ccc(C)cc1. The van der Waals surface area contributed by atoms with Gasteiger partial charge in [0, 0.05) is 30.4 Å². The van der Waals surface area contributed by atoms with Gasteiger partial charge in [-0.2, -0.15) is 0 Å². The Bertz CT molecular complexity index is 815. The molecular formula is C18H18N2O5. The summed E-state index contributed by atoms with van der Waals surface area (Å²) in [6.45, 7) is 3.37. The van der Waals surface area contributed by atoms with Crippen LogP contribution in [0.5, 0.6) is 0 Å². The van der Waals surface area contributed by atoms with Gasteiger partial charge in [0.1, 0.15) is 0 Å². The normalized spacial score (nSPS) is 11.5. The second-order valence-electron chi connectivity index (χ2n) is 5.51. The summed E-state index contributed by atoms with van der Waals surface area (Å²) >= 11 is 0. The van der Waals surface area contributed by atoms with Crippen molar-refractivity contribution in [2.75, 3.05) is 12.4 Å². The number of ether oxygens (including phenoxy) is 1. The van der Waals surface area contributed by atoms with Crippen molar-refractivity contribution >= 4 is 23.1 Å². The molecule has 130 valence electrons. The Morgan fingerprint density at radius 3 is 2.36 bits per heavy atom. The summed E-state index contributed by atoms with van der Waals surface area (Å²) in [6, 6.07) is 10.7. The third-order valence-electron chi connectivity index (χ3n) is 3.69. The number of non-ortho nitro benzene ring substituents is 1. The number of nitrogens with one attached hydrogen (secondary N) is 1. The van der Waals surface area contributed by atoms with Gasteiger partial charge in [-0.15, -0.1) is 0 Å². The minimum absolute atomic E-state index is 0.000237. The van der Waals surface area contributed by atoms with Gasteiger partial charge in [-0.25, -0.2) is 4.79 Å². The highest BCUT2D eigenvalue weighted by Gasteiger charge is 2.23. The van der Waals surface area contributed by atoms with E-state index in [4.69, 9.17) is 4.74 Å². The molecule has 1 N–H and O–H groups in total. The van der Waals surface area contributed by atoms with E-state index < -0.39 is 17.0 Å². The molecule has 0 aliphatic rings. The van der Waals surface area contributed by atoms with Gasteiger partial charge < -0.3 is 10.1 Å². The van der Waals surface area contributed by atoms with E-state index in [0.717, 1.165) is 11.6 Å². The first-order chi connectivity index (χ1) is 11.8. The van der Waals surface area contributed by atoms with Gasteiger partial charge in [-0.05, 0) is 19.9 Å². The molecule has 0 bridgehead atoms. The molecule has 0 saturated carbocycles. The molecule has 0 fully saturated rings. The summed E-state index contributed by atoms with van der Waals surface area (Å²) < 4.78 is 5.21. The zero-order valence-electron chi connectivity index (χ0n) is 14.1. The Morgan fingerprint density at radius 1 is 1.16 bits per heavy atom. The topological polar surface area (TPSA) is 98.5 Å². The fourth-order valence-electron chi connectivity index (χ4n) is 2.26. The number of hydrogen-bond donors (Lipinski definition) is 1. The number of hydrogen-bond acceptors (Lipinski definition) is 6. The number of anilines is 1. The first kappa shape index (κ1) is 18.1. The second-order valence-corrected chi connectivity index (χ2v) is 5.51. The van der Waals surface area contributed by atoms with Crippen LogP contribution in [0.2, 0.25) is 0 Å². The van der Waals surface area contributed by atoms with Crippen molar-refractivity contribution in [1.82, 2.24) is 0 Å². The van der Waals surface area contributed by atoms with Crippen LogP contribution < -0.4 is 5.32 Å². The lowest BCUT2D eigenvalue weighted by Crippen LogP contribution is -2.25. The van der Waals surface area contributed by atoms with Gasteiger partial charge in [-0.3, -0.25) is 14.9 Å². The summed E-state index contributed by atoms with van der Waals surface area (Å²) in [5, 5.41) is 13.7. The van der Waals surface area contributed by atoms with Gasteiger partial charge in [0.2, 0.25) is 5.78 Å². The number of ketones is 1. The molecule has 7 heteroatoms. The first-order valence-corrected chi connectivity index (χ1v) is 7.61. The lowest BCUT2D eigenvalue weighted by molar-refractivity contribution is -0.384. The van der Waals surface area contributed by atoms with Crippen LogP contribution in [0.3, 0.4) is 0 Å². The van der Waals surface area contributed by atoms with Crippen LogP contribution >= 0.6 is 0 Å². The van der Waals surface area contributed by atoms with E-state index in [9.17, 15) is 19.7 Å². The minimum Gasteiger partial charge on any atom is -0.451 e. The van der Waals surface area contributed by atoms with E-state index in [0.29, 0.717) is 11.3 Å². The average molecular weight is 342 g/mol. The van der Waals surface area contributed by atoms with Crippen molar-refractivity contribution in [3.8, 4) is 0 Å². The molecule has 0 aliphatic heterocycles. The standard InChI is InChI=1S/C18H18N2O5/c1-11-4-6-13(7-5-11)17(21)12(2)25-18(22)15-10-14(20(23)24)8-9-16(15)19-3/h4-10,12,19H,1-3H3/t12-/m1/s1.